The number of nitrogens with zero attached hydrogens (tertiary/aromatic N) is 1. The molecule has 9 heteroatoms. The summed E-state index contributed by atoms with van der Waals surface area (Å²) in [6, 6.07) is -0.847. The lowest BCUT2D eigenvalue weighted by molar-refractivity contribution is -0.870. The van der Waals surface area contributed by atoms with E-state index < -0.39 is 20.0 Å². The van der Waals surface area contributed by atoms with Crippen molar-refractivity contribution in [2.24, 2.45) is 0 Å². The Labute approximate surface area is 474 Å². The van der Waals surface area contributed by atoms with Crippen molar-refractivity contribution in [2.75, 3.05) is 40.9 Å². The molecule has 0 aromatic rings. The van der Waals surface area contributed by atoms with Crippen molar-refractivity contribution in [1.29, 1.82) is 0 Å². The van der Waals surface area contributed by atoms with Gasteiger partial charge in [0.15, 0.2) is 0 Å². The maximum absolute atomic E-state index is 13.0. The molecule has 1 amide bonds. The highest BCUT2D eigenvalue weighted by Gasteiger charge is 2.28. The van der Waals surface area contributed by atoms with E-state index in [4.69, 9.17) is 9.05 Å². The Morgan fingerprint density at radius 3 is 1.08 bits per heavy atom. The molecule has 0 saturated heterocycles. The second-order valence-corrected chi connectivity index (χ2v) is 25.7. The highest BCUT2D eigenvalue weighted by molar-refractivity contribution is 7.47. The van der Waals surface area contributed by atoms with Gasteiger partial charge in [0.25, 0.3) is 0 Å². The van der Waals surface area contributed by atoms with Gasteiger partial charge in [-0.05, 0) is 51.4 Å². The number of carbonyl (C=O) groups excluding carboxylic acids is 1. The number of phosphoric acid groups is 1. The second kappa shape index (κ2) is 58.4. The fourth-order valence-corrected chi connectivity index (χ4v) is 10.9. The molecular formula is C67H132N2O6P+. The lowest BCUT2D eigenvalue weighted by Crippen LogP contribution is -2.45. The maximum Gasteiger partial charge on any atom is 0.472 e. The molecule has 0 aliphatic heterocycles. The molecular weight excluding hydrogens is 960 g/mol. The van der Waals surface area contributed by atoms with Crippen LogP contribution in [0.4, 0.5) is 0 Å². The second-order valence-electron chi connectivity index (χ2n) is 24.2. The number of allylic oxidation sites excluding steroid dienone is 5. The SMILES string of the molecule is CCCCCCCCCCC/C=C\C/C=C\CCCCCCCCCCCCCCCCCC(=O)NC(COP(=O)(O)OCC[N+](C)(C)C)C(O)/C=C/CCCCCCCCCCCCCCCCCCCCCCC. The highest BCUT2D eigenvalue weighted by Crippen LogP contribution is 2.43. The Morgan fingerprint density at radius 2 is 0.750 bits per heavy atom. The molecule has 0 saturated carbocycles. The molecule has 0 rings (SSSR count). The summed E-state index contributed by atoms with van der Waals surface area (Å²) in [6.07, 6.45) is 77.0. The molecule has 0 aromatic heterocycles. The van der Waals surface area contributed by atoms with Crippen LogP contribution in [-0.2, 0) is 18.4 Å². The molecule has 3 N–H and O–H groups in total. The van der Waals surface area contributed by atoms with Crippen molar-refractivity contribution in [1.82, 2.24) is 5.32 Å². The first-order valence-corrected chi connectivity index (χ1v) is 34.9. The maximum atomic E-state index is 13.0. The van der Waals surface area contributed by atoms with Gasteiger partial charge in [0.1, 0.15) is 13.2 Å². The van der Waals surface area contributed by atoms with Crippen LogP contribution in [-0.4, -0.2) is 73.4 Å². The molecule has 0 aliphatic rings. The number of rotatable bonds is 62. The molecule has 76 heavy (non-hydrogen) atoms. The molecule has 0 aromatic carbocycles. The number of nitrogens with one attached hydrogen (secondary N) is 1. The zero-order valence-electron chi connectivity index (χ0n) is 51.5. The van der Waals surface area contributed by atoms with Crippen LogP contribution < -0.4 is 5.32 Å². The molecule has 3 atom stereocenters. The first kappa shape index (κ1) is 74.7. The zero-order chi connectivity index (χ0) is 55.6. The van der Waals surface area contributed by atoms with E-state index in [9.17, 15) is 19.4 Å². The van der Waals surface area contributed by atoms with E-state index >= 15 is 0 Å². The van der Waals surface area contributed by atoms with Gasteiger partial charge in [-0.15, -0.1) is 0 Å². The number of quaternary nitrogens is 1. The van der Waals surface area contributed by atoms with Crippen molar-refractivity contribution in [2.45, 2.75) is 347 Å². The standard InChI is InChI=1S/C67H131N2O6P/c1-6-8-10-12-14-16-18-20-22-24-26-28-30-31-32-33-34-35-36-37-39-41-43-45-47-49-51-53-55-57-59-61-67(71)68-65(64-75-76(72,73)74-63-62-69(3,4)5)66(70)60-58-56-54-52-50-48-46-44-42-40-38-29-27-25-23-21-19-17-15-13-11-9-7-2/h26,28,31-32,58,60,65-66,70H,6-25,27,29-30,33-57,59,61-64H2,1-5H3,(H-,68,71,72,73)/p+1/b28-26-,32-31-,60-58+. The molecule has 3 unspecified atom stereocenters. The lowest BCUT2D eigenvalue weighted by Gasteiger charge is -2.25. The fourth-order valence-electron chi connectivity index (χ4n) is 10.1. The van der Waals surface area contributed by atoms with Crippen molar-refractivity contribution < 1.29 is 32.9 Å². The zero-order valence-corrected chi connectivity index (χ0v) is 52.4. The van der Waals surface area contributed by atoms with Gasteiger partial charge in [-0.25, -0.2) is 4.57 Å². The fraction of sp³-hybridized carbons (Fsp3) is 0.896. The Morgan fingerprint density at radius 1 is 0.447 bits per heavy atom. The van der Waals surface area contributed by atoms with Crippen LogP contribution in [0.3, 0.4) is 0 Å². The van der Waals surface area contributed by atoms with E-state index in [1.807, 2.05) is 27.2 Å². The van der Waals surface area contributed by atoms with Gasteiger partial charge in [0, 0.05) is 6.42 Å². The van der Waals surface area contributed by atoms with Crippen molar-refractivity contribution in [3.63, 3.8) is 0 Å². The largest absolute Gasteiger partial charge is 0.472 e. The van der Waals surface area contributed by atoms with Gasteiger partial charge in [-0.1, -0.05) is 314 Å². The van der Waals surface area contributed by atoms with Crippen LogP contribution in [0.25, 0.3) is 0 Å². The summed E-state index contributed by atoms with van der Waals surface area (Å²) >= 11 is 0. The molecule has 0 bridgehead atoms. The quantitative estimate of drug-likeness (QED) is 0.0243. The number of amides is 1. The molecule has 0 radical (unpaired) electrons. The average molecular weight is 1090 g/mol. The third-order valence-electron chi connectivity index (χ3n) is 15.4. The Balaban J connectivity index is 4.08. The average Bonchev–Trinajstić information content (AvgIpc) is 3.38. The predicted molar refractivity (Wildman–Crippen MR) is 332 cm³/mol. The third-order valence-corrected chi connectivity index (χ3v) is 16.3. The van der Waals surface area contributed by atoms with Crippen molar-refractivity contribution in [3.05, 3.63) is 36.5 Å². The number of hydrogen-bond acceptors (Lipinski definition) is 5. The van der Waals surface area contributed by atoms with E-state index in [2.05, 4.69) is 43.5 Å². The summed E-state index contributed by atoms with van der Waals surface area (Å²) in [5, 5.41) is 14.0. The first-order valence-electron chi connectivity index (χ1n) is 33.4. The highest BCUT2D eigenvalue weighted by atomic mass is 31.2. The number of hydrogen-bond donors (Lipinski definition) is 3. The van der Waals surface area contributed by atoms with Crippen LogP contribution >= 0.6 is 7.82 Å². The Bertz CT molecular complexity index is 1330. The Hall–Kier alpha value is -1.28. The molecule has 0 spiro atoms. The Kier molecular flexibility index (Phi) is 57.4. The van der Waals surface area contributed by atoms with E-state index in [1.54, 1.807) is 6.08 Å². The van der Waals surface area contributed by atoms with Gasteiger partial charge < -0.3 is 19.8 Å². The van der Waals surface area contributed by atoms with Gasteiger partial charge in [-0.3, -0.25) is 13.8 Å². The minimum Gasteiger partial charge on any atom is -0.387 e. The summed E-state index contributed by atoms with van der Waals surface area (Å²) in [7, 11) is 1.59. The molecule has 0 aliphatic carbocycles. The van der Waals surface area contributed by atoms with Crippen LogP contribution in [0.15, 0.2) is 36.5 Å². The van der Waals surface area contributed by atoms with Gasteiger partial charge in [0.2, 0.25) is 5.91 Å². The van der Waals surface area contributed by atoms with Gasteiger partial charge in [0.05, 0.1) is 39.9 Å². The van der Waals surface area contributed by atoms with Gasteiger partial charge in [-0.2, -0.15) is 0 Å². The monoisotopic (exact) mass is 1090 g/mol. The summed E-state index contributed by atoms with van der Waals surface area (Å²) in [6.45, 7) is 4.87. The number of unbranched alkanes of at least 4 members (excludes halogenated alkanes) is 45. The van der Waals surface area contributed by atoms with E-state index in [0.717, 1.165) is 44.9 Å². The van der Waals surface area contributed by atoms with E-state index in [-0.39, 0.29) is 19.1 Å². The summed E-state index contributed by atoms with van der Waals surface area (Å²) in [5.74, 6) is -0.172. The molecule has 0 heterocycles. The number of aliphatic hydroxyl groups excluding tert-OH is 1. The molecule has 450 valence electrons. The topological polar surface area (TPSA) is 105 Å². The summed E-state index contributed by atoms with van der Waals surface area (Å²) in [5.41, 5.74) is 0. The summed E-state index contributed by atoms with van der Waals surface area (Å²) in [4.78, 5) is 23.4. The minimum atomic E-state index is -4.35. The van der Waals surface area contributed by atoms with E-state index in [0.29, 0.717) is 17.4 Å². The van der Waals surface area contributed by atoms with Gasteiger partial charge >= 0.3 is 7.82 Å². The third kappa shape index (κ3) is 60.4. The van der Waals surface area contributed by atoms with Crippen LogP contribution in [0.1, 0.15) is 335 Å². The lowest BCUT2D eigenvalue weighted by atomic mass is 10.0. The van der Waals surface area contributed by atoms with Crippen LogP contribution in [0.2, 0.25) is 0 Å². The predicted octanol–water partition coefficient (Wildman–Crippen LogP) is 20.9. The smallest absolute Gasteiger partial charge is 0.387 e. The van der Waals surface area contributed by atoms with Crippen LogP contribution in [0.5, 0.6) is 0 Å². The first-order chi connectivity index (χ1) is 37.0. The number of phosphoric ester groups is 1. The van der Waals surface area contributed by atoms with Crippen LogP contribution in [0, 0.1) is 0 Å². The normalized spacial score (nSPS) is 13.9. The van der Waals surface area contributed by atoms with Crippen molar-refractivity contribution in [3.8, 4) is 0 Å². The minimum absolute atomic E-state index is 0.0629. The molecule has 0 fully saturated rings. The van der Waals surface area contributed by atoms with Crippen molar-refractivity contribution >= 4 is 13.7 Å². The number of aliphatic hydroxyl groups is 1. The van der Waals surface area contributed by atoms with E-state index in [1.165, 1.54) is 270 Å². The number of carbonyl (C=O) groups is 1. The molecule has 8 nitrogen and oxygen atoms in total. The number of likely N-dealkylation sites (N-methyl/N-ethyl adjacent to an activating group) is 1. The summed E-state index contributed by atoms with van der Waals surface area (Å²) < 4.78 is 23.8.